The van der Waals surface area contributed by atoms with E-state index in [-0.39, 0.29) is 6.04 Å². The van der Waals surface area contributed by atoms with Crippen molar-refractivity contribution in [2.45, 2.75) is 12.5 Å². The van der Waals surface area contributed by atoms with Crippen molar-refractivity contribution >= 4 is 11.4 Å². The molecule has 118 valence electrons. The largest absolute Gasteiger partial charge is 0.368 e. The topological polar surface area (TPSA) is 54.1 Å². The van der Waals surface area contributed by atoms with Crippen molar-refractivity contribution in [1.29, 1.82) is 10.5 Å². The van der Waals surface area contributed by atoms with Gasteiger partial charge in [0.05, 0.1) is 18.2 Å². The Hall–Kier alpha value is -2.98. The average Bonchev–Trinajstić information content (AvgIpc) is 2.67. The number of rotatable bonds is 1. The number of nitrogens with zero attached hydrogens (tertiary/aromatic N) is 4. The molecule has 24 heavy (non-hydrogen) atoms. The van der Waals surface area contributed by atoms with Crippen LogP contribution in [-0.2, 0) is 6.42 Å². The minimum absolute atomic E-state index is 0.114. The Morgan fingerprint density at radius 2 is 1.62 bits per heavy atom. The van der Waals surface area contributed by atoms with Gasteiger partial charge >= 0.3 is 0 Å². The first kappa shape index (κ1) is 14.6. The summed E-state index contributed by atoms with van der Waals surface area (Å²) in [7, 11) is 0. The van der Waals surface area contributed by atoms with E-state index in [0.717, 1.165) is 24.3 Å². The second-order valence-corrected chi connectivity index (χ2v) is 6.49. The van der Waals surface area contributed by atoms with Gasteiger partial charge in [-0.2, -0.15) is 10.5 Å². The lowest BCUT2D eigenvalue weighted by molar-refractivity contribution is 0.339. The van der Waals surface area contributed by atoms with Gasteiger partial charge in [-0.15, -0.1) is 0 Å². The molecule has 0 amide bonds. The van der Waals surface area contributed by atoms with Gasteiger partial charge in [0.25, 0.3) is 0 Å². The third-order valence-electron chi connectivity index (χ3n) is 5.24. The van der Waals surface area contributed by atoms with E-state index in [1.165, 1.54) is 5.69 Å². The molecule has 4 rings (SSSR count). The third-order valence-corrected chi connectivity index (χ3v) is 5.24. The number of para-hydroxylation sites is 2. The quantitative estimate of drug-likeness (QED) is 0.812. The lowest BCUT2D eigenvalue weighted by Gasteiger charge is -2.51. The third kappa shape index (κ3) is 2.12. The van der Waals surface area contributed by atoms with Gasteiger partial charge in [-0.3, -0.25) is 0 Å². The van der Waals surface area contributed by atoms with Crippen LogP contribution in [0.5, 0.6) is 0 Å². The molecule has 1 atom stereocenters. The standard InChI is InChI=1S/C20H18N4/c21-14-20(15-22)12-16-6-4-5-9-18(16)24-11-10-23(13-19(20)24)17-7-2-1-3-8-17/h1-9,19H,10-13H2. The molecule has 0 saturated carbocycles. The van der Waals surface area contributed by atoms with Crippen LogP contribution < -0.4 is 9.80 Å². The first-order chi connectivity index (χ1) is 11.8. The molecule has 0 spiro atoms. The number of piperazine rings is 1. The summed E-state index contributed by atoms with van der Waals surface area (Å²) >= 11 is 0. The van der Waals surface area contributed by atoms with E-state index in [1.54, 1.807) is 0 Å². The van der Waals surface area contributed by atoms with Gasteiger partial charge in [0.1, 0.15) is 0 Å². The molecule has 2 aliphatic heterocycles. The summed E-state index contributed by atoms with van der Waals surface area (Å²) in [6, 6.07) is 23.0. The van der Waals surface area contributed by atoms with Crippen molar-refractivity contribution in [2.75, 3.05) is 29.4 Å². The highest BCUT2D eigenvalue weighted by atomic mass is 15.3. The molecule has 0 aromatic heterocycles. The molecule has 0 N–H and O–H groups in total. The van der Waals surface area contributed by atoms with Crippen LogP contribution in [-0.4, -0.2) is 25.7 Å². The van der Waals surface area contributed by atoms with Gasteiger partial charge in [0.15, 0.2) is 5.41 Å². The highest BCUT2D eigenvalue weighted by Crippen LogP contribution is 2.42. The van der Waals surface area contributed by atoms with Crippen LogP contribution in [0.2, 0.25) is 0 Å². The minimum Gasteiger partial charge on any atom is -0.368 e. The number of benzene rings is 2. The maximum absolute atomic E-state index is 9.85. The zero-order valence-corrected chi connectivity index (χ0v) is 13.4. The van der Waals surface area contributed by atoms with Crippen molar-refractivity contribution < 1.29 is 0 Å². The molecule has 0 bridgehead atoms. The van der Waals surface area contributed by atoms with E-state index >= 15 is 0 Å². The highest BCUT2D eigenvalue weighted by molar-refractivity contribution is 5.62. The van der Waals surface area contributed by atoms with Crippen molar-refractivity contribution in [3.05, 3.63) is 60.2 Å². The summed E-state index contributed by atoms with van der Waals surface area (Å²) in [6.45, 7) is 2.41. The molecular formula is C20H18N4. The van der Waals surface area contributed by atoms with E-state index in [4.69, 9.17) is 0 Å². The monoisotopic (exact) mass is 314 g/mol. The van der Waals surface area contributed by atoms with Gasteiger partial charge in [0, 0.05) is 37.4 Å². The molecule has 1 saturated heterocycles. The first-order valence-corrected chi connectivity index (χ1v) is 8.24. The molecule has 4 nitrogen and oxygen atoms in total. The van der Waals surface area contributed by atoms with Gasteiger partial charge in [-0.1, -0.05) is 36.4 Å². The second-order valence-electron chi connectivity index (χ2n) is 6.49. The smallest absolute Gasteiger partial charge is 0.169 e. The maximum atomic E-state index is 9.85. The van der Waals surface area contributed by atoms with E-state index in [9.17, 15) is 10.5 Å². The predicted octanol–water partition coefficient (Wildman–Crippen LogP) is 2.97. The van der Waals surface area contributed by atoms with Crippen molar-refractivity contribution in [3.63, 3.8) is 0 Å². The zero-order valence-electron chi connectivity index (χ0n) is 13.4. The summed E-state index contributed by atoms with van der Waals surface area (Å²) in [5.74, 6) is 0. The molecule has 1 fully saturated rings. The SMILES string of the molecule is N#CC1(C#N)Cc2ccccc2N2CCN(c3ccccc3)CC21. The molecule has 0 aliphatic carbocycles. The predicted molar refractivity (Wildman–Crippen MR) is 93.6 cm³/mol. The average molecular weight is 314 g/mol. The van der Waals surface area contributed by atoms with Crippen LogP contribution in [0.1, 0.15) is 5.56 Å². The molecule has 2 aromatic rings. The van der Waals surface area contributed by atoms with Crippen molar-refractivity contribution in [1.82, 2.24) is 0 Å². The fourth-order valence-electron chi connectivity index (χ4n) is 3.98. The van der Waals surface area contributed by atoms with Gasteiger partial charge in [-0.25, -0.2) is 0 Å². The normalized spacial score (nSPS) is 21.2. The summed E-state index contributed by atoms with van der Waals surface area (Å²) < 4.78 is 0. The van der Waals surface area contributed by atoms with E-state index in [1.807, 2.05) is 36.4 Å². The van der Waals surface area contributed by atoms with Crippen LogP contribution in [0.25, 0.3) is 0 Å². The first-order valence-electron chi connectivity index (χ1n) is 8.24. The van der Waals surface area contributed by atoms with Crippen molar-refractivity contribution in [3.8, 4) is 12.1 Å². The minimum atomic E-state index is -0.998. The summed E-state index contributed by atoms with van der Waals surface area (Å²) in [5, 5.41) is 19.7. The van der Waals surface area contributed by atoms with E-state index in [0.29, 0.717) is 13.0 Å². The lowest BCUT2D eigenvalue weighted by atomic mass is 9.72. The number of fused-ring (bicyclic) bond motifs is 3. The molecule has 4 heteroatoms. The zero-order chi connectivity index (χ0) is 16.6. The van der Waals surface area contributed by atoms with Gasteiger partial charge < -0.3 is 9.80 Å². The lowest BCUT2D eigenvalue weighted by Crippen LogP contribution is -2.62. The van der Waals surface area contributed by atoms with Crippen LogP contribution in [0.15, 0.2) is 54.6 Å². The number of hydrogen-bond acceptors (Lipinski definition) is 4. The van der Waals surface area contributed by atoms with Crippen LogP contribution in [0.4, 0.5) is 11.4 Å². The number of anilines is 2. The Morgan fingerprint density at radius 3 is 2.38 bits per heavy atom. The maximum Gasteiger partial charge on any atom is 0.169 e. The second kappa shape index (κ2) is 5.58. The Bertz CT molecular complexity index is 817. The Kier molecular flexibility index (Phi) is 3.40. The fraction of sp³-hybridized carbons (Fsp3) is 0.300. The molecule has 2 aromatic carbocycles. The van der Waals surface area contributed by atoms with Crippen LogP contribution in [0, 0.1) is 28.1 Å². The fourth-order valence-corrected chi connectivity index (χ4v) is 3.98. The summed E-state index contributed by atoms with van der Waals surface area (Å²) in [5.41, 5.74) is 2.43. The van der Waals surface area contributed by atoms with E-state index in [2.05, 4.69) is 40.1 Å². The molecule has 0 radical (unpaired) electrons. The van der Waals surface area contributed by atoms with Crippen molar-refractivity contribution in [2.24, 2.45) is 5.41 Å². The number of hydrogen-bond donors (Lipinski definition) is 0. The molecule has 1 unspecified atom stereocenters. The Balaban J connectivity index is 1.75. The van der Waals surface area contributed by atoms with E-state index < -0.39 is 5.41 Å². The highest BCUT2D eigenvalue weighted by Gasteiger charge is 2.49. The summed E-state index contributed by atoms with van der Waals surface area (Å²) in [4.78, 5) is 4.56. The van der Waals surface area contributed by atoms with Gasteiger partial charge in [-0.05, 0) is 23.8 Å². The Morgan fingerprint density at radius 1 is 0.917 bits per heavy atom. The summed E-state index contributed by atoms with van der Waals surface area (Å²) in [6.07, 6.45) is 0.500. The molecular weight excluding hydrogens is 296 g/mol. The molecule has 2 heterocycles. The van der Waals surface area contributed by atoms with Crippen LogP contribution >= 0.6 is 0 Å². The van der Waals surface area contributed by atoms with Gasteiger partial charge in [0.2, 0.25) is 0 Å². The Labute approximate surface area is 142 Å². The number of nitriles is 2. The molecule has 2 aliphatic rings. The van der Waals surface area contributed by atoms with Crippen LogP contribution in [0.3, 0.4) is 0 Å².